The Kier molecular flexibility index (Phi) is 3.62. The third-order valence-electron chi connectivity index (χ3n) is 3.09. The second-order valence-electron chi connectivity index (χ2n) is 4.31. The van der Waals surface area contributed by atoms with Gasteiger partial charge in [0.1, 0.15) is 0 Å². The van der Waals surface area contributed by atoms with E-state index in [1.807, 2.05) is 24.3 Å². The molecule has 0 aliphatic carbocycles. The van der Waals surface area contributed by atoms with Gasteiger partial charge in [-0.15, -0.1) is 0 Å². The van der Waals surface area contributed by atoms with Gasteiger partial charge in [0.25, 0.3) is 0 Å². The molecule has 0 radical (unpaired) electrons. The number of para-hydroxylation sites is 2. The van der Waals surface area contributed by atoms with Crippen molar-refractivity contribution in [3.63, 3.8) is 0 Å². The van der Waals surface area contributed by atoms with Crippen molar-refractivity contribution in [1.29, 1.82) is 0 Å². The molecule has 0 fully saturated rings. The highest BCUT2D eigenvalue weighted by molar-refractivity contribution is 9.11. The van der Waals surface area contributed by atoms with Gasteiger partial charge in [-0.05, 0) is 55.6 Å². The van der Waals surface area contributed by atoms with Crippen LogP contribution in [0.4, 0.5) is 5.69 Å². The average molecular weight is 380 g/mol. The molecule has 2 aromatic carbocycles. The molecule has 19 heavy (non-hydrogen) atoms. The van der Waals surface area contributed by atoms with E-state index in [0.717, 1.165) is 21.2 Å². The van der Waals surface area contributed by atoms with Crippen LogP contribution >= 0.6 is 31.9 Å². The van der Waals surface area contributed by atoms with Gasteiger partial charge in [-0.25, -0.2) is 0 Å². The van der Waals surface area contributed by atoms with E-state index in [0.29, 0.717) is 0 Å². The Hall–Kier alpha value is -1.26. The smallest absolute Gasteiger partial charge is 0.0631 e. The summed E-state index contributed by atoms with van der Waals surface area (Å²) in [4.78, 5) is 3.29. The highest BCUT2D eigenvalue weighted by atomic mass is 79.9. The van der Waals surface area contributed by atoms with Crippen molar-refractivity contribution in [2.75, 3.05) is 5.32 Å². The molecule has 0 aliphatic heterocycles. The van der Waals surface area contributed by atoms with Crippen LogP contribution < -0.4 is 5.32 Å². The number of aromatic amines is 1. The molecule has 0 amide bonds. The van der Waals surface area contributed by atoms with Gasteiger partial charge in [-0.1, -0.05) is 24.3 Å². The maximum atomic E-state index is 3.56. The molecule has 4 heteroatoms. The van der Waals surface area contributed by atoms with Crippen LogP contribution in [0.1, 0.15) is 5.56 Å². The molecular formula is C15H12Br2N2. The van der Waals surface area contributed by atoms with E-state index >= 15 is 0 Å². The summed E-state index contributed by atoms with van der Waals surface area (Å²) in [5.74, 6) is 0. The topological polar surface area (TPSA) is 27.8 Å². The van der Waals surface area contributed by atoms with Gasteiger partial charge in [-0.3, -0.25) is 0 Å². The fourth-order valence-corrected chi connectivity index (χ4v) is 3.41. The molecule has 2 N–H and O–H groups in total. The predicted molar refractivity (Wildman–Crippen MR) is 87.5 cm³/mol. The van der Waals surface area contributed by atoms with Crippen LogP contribution in [0.3, 0.4) is 0 Å². The minimum atomic E-state index is 0.783. The number of anilines is 1. The zero-order valence-electron chi connectivity index (χ0n) is 10.1. The minimum Gasteiger partial charge on any atom is -0.379 e. The lowest BCUT2D eigenvalue weighted by molar-refractivity contribution is 1.15. The van der Waals surface area contributed by atoms with E-state index < -0.39 is 0 Å². The van der Waals surface area contributed by atoms with E-state index in [2.05, 4.69) is 66.6 Å². The Morgan fingerprint density at radius 3 is 2.47 bits per heavy atom. The van der Waals surface area contributed by atoms with Crippen molar-refractivity contribution in [2.24, 2.45) is 0 Å². The summed E-state index contributed by atoms with van der Waals surface area (Å²) < 4.78 is 2.11. The monoisotopic (exact) mass is 378 g/mol. The zero-order chi connectivity index (χ0) is 13.2. The fourth-order valence-electron chi connectivity index (χ4n) is 2.13. The second kappa shape index (κ2) is 5.39. The minimum absolute atomic E-state index is 0.783. The van der Waals surface area contributed by atoms with Crippen LogP contribution in [0.2, 0.25) is 0 Å². The number of halogens is 2. The van der Waals surface area contributed by atoms with Crippen molar-refractivity contribution < 1.29 is 0 Å². The van der Waals surface area contributed by atoms with Crippen LogP contribution in [-0.4, -0.2) is 4.98 Å². The van der Waals surface area contributed by atoms with Crippen LogP contribution in [0.15, 0.2) is 57.6 Å². The molecule has 1 aromatic heterocycles. The van der Waals surface area contributed by atoms with Crippen LogP contribution in [-0.2, 0) is 6.54 Å². The zero-order valence-corrected chi connectivity index (χ0v) is 13.3. The molecule has 0 aliphatic rings. The largest absolute Gasteiger partial charge is 0.379 e. The third-order valence-corrected chi connectivity index (χ3v) is 4.41. The third kappa shape index (κ3) is 2.55. The molecule has 0 atom stereocenters. The van der Waals surface area contributed by atoms with E-state index in [4.69, 9.17) is 0 Å². The van der Waals surface area contributed by atoms with Crippen molar-refractivity contribution in [2.45, 2.75) is 6.54 Å². The van der Waals surface area contributed by atoms with Crippen LogP contribution in [0.5, 0.6) is 0 Å². The SMILES string of the molecule is Brc1cccc(Br)c1NCc1c[nH]c2ccccc12. The number of nitrogens with one attached hydrogen (secondary N) is 2. The van der Waals surface area contributed by atoms with E-state index in [9.17, 15) is 0 Å². The van der Waals surface area contributed by atoms with Crippen molar-refractivity contribution >= 4 is 48.5 Å². The van der Waals surface area contributed by atoms with E-state index in [-0.39, 0.29) is 0 Å². The fraction of sp³-hybridized carbons (Fsp3) is 0.0667. The number of hydrogen-bond donors (Lipinski definition) is 2. The Morgan fingerprint density at radius 2 is 1.68 bits per heavy atom. The van der Waals surface area contributed by atoms with Gasteiger partial charge >= 0.3 is 0 Å². The number of benzene rings is 2. The van der Waals surface area contributed by atoms with Crippen LogP contribution in [0, 0.1) is 0 Å². The first kappa shape index (κ1) is 12.8. The van der Waals surface area contributed by atoms with Gasteiger partial charge < -0.3 is 10.3 Å². The summed E-state index contributed by atoms with van der Waals surface area (Å²) in [6, 6.07) is 14.4. The molecule has 0 bridgehead atoms. The van der Waals surface area contributed by atoms with Crippen molar-refractivity contribution in [3.05, 3.63) is 63.2 Å². The molecule has 0 saturated carbocycles. The molecule has 96 valence electrons. The summed E-state index contributed by atoms with van der Waals surface area (Å²) >= 11 is 7.12. The quantitative estimate of drug-likeness (QED) is 0.634. The number of aromatic nitrogens is 1. The number of hydrogen-bond acceptors (Lipinski definition) is 1. The highest BCUT2D eigenvalue weighted by Gasteiger charge is 2.06. The molecule has 3 aromatic rings. The first-order valence-corrected chi connectivity index (χ1v) is 7.57. The van der Waals surface area contributed by atoms with Crippen molar-refractivity contribution in [3.8, 4) is 0 Å². The molecule has 0 saturated heterocycles. The Bertz CT molecular complexity index is 699. The number of H-pyrrole nitrogens is 1. The Labute approximate surface area is 128 Å². The van der Waals surface area contributed by atoms with E-state index in [1.54, 1.807) is 0 Å². The number of fused-ring (bicyclic) bond motifs is 1. The van der Waals surface area contributed by atoms with Gasteiger partial charge in [-0.2, -0.15) is 0 Å². The lowest BCUT2D eigenvalue weighted by Crippen LogP contribution is -2.00. The second-order valence-corrected chi connectivity index (χ2v) is 6.02. The molecule has 2 nitrogen and oxygen atoms in total. The summed E-state index contributed by atoms with van der Waals surface area (Å²) in [6.07, 6.45) is 2.06. The van der Waals surface area contributed by atoms with Crippen LogP contribution in [0.25, 0.3) is 10.9 Å². The predicted octanol–water partition coefficient (Wildman–Crippen LogP) is 5.31. The lowest BCUT2D eigenvalue weighted by atomic mass is 10.2. The average Bonchev–Trinajstić information content (AvgIpc) is 2.82. The molecule has 0 spiro atoms. The molecule has 3 rings (SSSR count). The van der Waals surface area contributed by atoms with Gasteiger partial charge in [0.05, 0.1) is 5.69 Å². The molecular weight excluding hydrogens is 368 g/mol. The summed E-state index contributed by atoms with van der Waals surface area (Å²) in [7, 11) is 0. The Morgan fingerprint density at radius 1 is 0.947 bits per heavy atom. The first-order chi connectivity index (χ1) is 9.25. The summed E-state index contributed by atoms with van der Waals surface area (Å²) in [6.45, 7) is 0.783. The first-order valence-electron chi connectivity index (χ1n) is 5.98. The summed E-state index contributed by atoms with van der Waals surface area (Å²) in [5.41, 5.74) is 3.51. The van der Waals surface area contributed by atoms with E-state index in [1.165, 1.54) is 16.5 Å². The maximum absolute atomic E-state index is 3.56. The Balaban J connectivity index is 1.87. The summed E-state index contributed by atoms with van der Waals surface area (Å²) in [5, 5.41) is 4.72. The van der Waals surface area contributed by atoms with Gasteiger partial charge in [0.15, 0.2) is 0 Å². The standard InChI is InChI=1S/C15H12Br2N2/c16-12-5-3-6-13(17)15(12)19-9-10-8-18-14-7-2-1-4-11(10)14/h1-8,18-19H,9H2. The van der Waals surface area contributed by atoms with Gasteiger partial charge in [0, 0.05) is 32.6 Å². The maximum Gasteiger partial charge on any atom is 0.0631 e. The van der Waals surface area contributed by atoms with Gasteiger partial charge in [0.2, 0.25) is 0 Å². The highest BCUT2D eigenvalue weighted by Crippen LogP contribution is 2.31. The van der Waals surface area contributed by atoms with Crippen molar-refractivity contribution in [1.82, 2.24) is 4.98 Å². The lowest BCUT2D eigenvalue weighted by Gasteiger charge is -2.10. The number of rotatable bonds is 3. The molecule has 1 heterocycles. The normalized spacial score (nSPS) is 10.8. The molecule has 0 unspecified atom stereocenters.